The average Bonchev–Trinajstić information content (AvgIpc) is 1.53. The van der Waals surface area contributed by atoms with Crippen molar-refractivity contribution in [1.82, 2.24) is 0 Å². The van der Waals surface area contributed by atoms with E-state index in [1.165, 1.54) is 106 Å². The van der Waals surface area contributed by atoms with E-state index >= 15 is 0 Å². The highest BCUT2D eigenvalue weighted by atomic mass is 16.3. The Morgan fingerprint density at radius 2 is 0.407 bits per heavy atom. The minimum Gasteiger partial charge on any atom is -0.456 e. The second-order valence-electron chi connectivity index (χ2n) is 35.9. The fourth-order valence-corrected chi connectivity index (χ4v) is 22.3. The second-order valence-corrected chi connectivity index (χ2v) is 35.9. The third-order valence-electron chi connectivity index (χ3n) is 28.4. The van der Waals surface area contributed by atoms with E-state index < -0.39 is 10.8 Å². The Hall–Kier alpha value is -18.0. The number of para-hydroxylation sites is 6. The molecule has 0 atom stereocenters. The zero-order chi connectivity index (χ0) is 91.5. The van der Waals surface area contributed by atoms with E-state index in [4.69, 9.17) is 8.83 Å². The first-order valence-electron chi connectivity index (χ1n) is 47.5. The highest BCUT2D eigenvalue weighted by Crippen LogP contribution is 2.62. The Balaban J connectivity index is 0.000000154. The van der Waals surface area contributed by atoms with Crippen LogP contribution in [0.25, 0.3) is 155 Å². The van der Waals surface area contributed by atoms with Crippen molar-refractivity contribution in [2.24, 2.45) is 0 Å². The summed E-state index contributed by atoms with van der Waals surface area (Å²) in [5.74, 6) is 0. The minimum atomic E-state index is -0.522. The van der Waals surface area contributed by atoms with Crippen LogP contribution in [0.15, 0.2) is 555 Å². The lowest BCUT2D eigenvalue weighted by Gasteiger charge is -2.34. The Morgan fingerprint density at radius 1 is 0.150 bits per heavy atom. The number of nitrogens with zero attached hydrogens (tertiary/aromatic N) is 2. The van der Waals surface area contributed by atoms with Gasteiger partial charge in [0.25, 0.3) is 0 Å². The number of hydrogen-bond donors (Lipinski definition) is 0. The Labute approximate surface area is 818 Å². The molecule has 0 amide bonds. The quantitative estimate of drug-likeness (QED) is 0.0857. The molecule has 0 fully saturated rings. The molecule has 2 aromatic heterocycles. The molecule has 140 heavy (non-hydrogen) atoms. The lowest BCUT2D eigenvalue weighted by atomic mass is 9.67. The SMILES string of the molecule is C.C.c1ccc(-c2ccc(-c3ccc(N(c4ccccc4-c4ccc5oc6ccccc6c5c4)c4ccccc4-c4cccc5c4-c4ccccc4C5(c4ccccc4)c4ccccc4)cc3)cc2)cc1.c1ccc(-c2ccc(-c3cccc(N(c4ccccc4-c4ccc5oc6ccccc6c5c4)c4ccccc4-c4cccc5c4-c4ccccc4C5(c4ccccc4)c4ccccc4)c3)cc2)cc1. The molecule has 0 saturated heterocycles. The maximum absolute atomic E-state index is 6.33. The van der Waals surface area contributed by atoms with Crippen molar-refractivity contribution in [1.29, 1.82) is 0 Å². The maximum Gasteiger partial charge on any atom is 0.135 e. The molecule has 0 bridgehead atoms. The number of anilines is 6. The van der Waals surface area contributed by atoms with Crippen LogP contribution in [0.4, 0.5) is 34.1 Å². The molecule has 0 aliphatic heterocycles. The van der Waals surface area contributed by atoms with E-state index in [-0.39, 0.29) is 14.9 Å². The van der Waals surface area contributed by atoms with Crippen molar-refractivity contribution in [3.05, 3.63) is 590 Å². The summed E-state index contributed by atoms with van der Waals surface area (Å²) in [4.78, 5) is 4.94. The Bertz CT molecular complexity index is 8590. The average molecular weight is 1790 g/mol. The van der Waals surface area contributed by atoms with Crippen LogP contribution in [0.3, 0.4) is 0 Å². The first kappa shape index (κ1) is 86.2. The van der Waals surface area contributed by atoms with Crippen LogP contribution < -0.4 is 9.80 Å². The molecule has 2 heterocycles. The van der Waals surface area contributed by atoms with E-state index in [0.29, 0.717) is 0 Å². The Morgan fingerprint density at radius 3 is 0.800 bits per heavy atom. The van der Waals surface area contributed by atoms with Crippen molar-refractivity contribution >= 4 is 78.0 Å². The van der Waals surface area contributed by atoms with E-state index in [9.17, 15) is 0 Å². The molecule has 4 heteroatoms. The molecule has 24 aromatic rings. The van der Waals surface area contributed by atoms with E-state index in [1.807, 2.05) is 24.3 Å². The maximum atomic E-state index is 6.33. The fourth-order valence-electron chi connectivity index (χ4n) is 22.3. The van der Waals surface area contributed by atoms with E-state index in [2.05, 4.69) is 532 Å². The lowest BCUT2D eigenvalue weighted by molar-refractivity contribution is 0.668. The molecule has 0 radical (unpaired) electrons. The number of rotatable bonds is 18. The van der Waals surface area contributed by atoms with Crippen LogP contribution in [0.5, 0.6) is 0 Å². The van der Waals surface area contributed by atoms with Gasteiger partial charge >= 0.3 is 0 Å². The van der Waals surface area contributed by atoms with Gasteiger partial charge in [0.15, 0.2) is 0 Å². The first-order chi connectivity index (χ1) is 68.5. The molecular weight excluding hydrogens is 1690 g/mol. The molecule has 2 aliphatic carbocycles. The van der Waals surface area contributed by atoms with Crippen LogP contribution in [0.2, 0.25) is 0 Å². The van der Waals surface area contributed by atoms with Crippen molar-refractivity contribution in [3.8, 4) is 111 Å². The van der Waals surface area contributed by atoms with Crippen molar-refractivity contribution in [2.75, 3.05) is 9.80 Å². The molecule has 4 nitrogen and oxygen atoms in total. The van der Waals surface area contributed by atoms with E-state index in [1.54, 1.807) is 0 Å². The van der Waals surface area contributed by atoms with Crippen LogP contribution in [0.1, 0.15) is 59.4 Å². The first-order valence-corrected chi connectivity index (χ1v) is 47.5. The number of furan rings is 2. The van der Waals surface area contributed by atoms with Crippen LogP contribution in [-0.4, -0.2) is 0 Å². The van der Waals surface area contributed by atoms with Crippen molar-refractivity contribution in [2.45, 2.75) is 25.7 Å². The van der Waals surface area contributed by atoms with Crippen LogP contribution in [0, 0.1) is 0 Å². The normalized spacial score (nSPS) is 12.3. The van der Waals surface area contributed by atoms with Gasteiger partial charge in [-0.1, -0.05) is 476 Å². The standard InChI is InChI=1S/2C67H45NO.2CH4/c1-4-20-46(21-5-1)47-38-40-48(41-39-47)49-22-18-27-53(44-49)68(62-35-15-11-28-54(62)50-42-43-65-59(45-50)56-30-13-17-37-64(56)69-65)63-36-16-12-29-55(63)57-32-19-34-61-66(57)58-31-10-14-33-60(58)67(61,51-23-6-2-7-24-51)52-25-8-3-9-26-52;1-4-19-46(20-5-1)47-35-37-48(38-36-47)49-39-42-53(43-40-49)68(62-32-15-11-25-54(62)50-41-44-65-59(45-50)56-27-13-17-34-64(56)69-65)63-33-16-12-26-55(63)57-29-18-31-61-66(57)58-28-10-14-30-60(58)67(61,51-21-6-2-7-22-51)52-23-8-3-9-24-52;;/h2*1-45H;2*1H4. The zero-order valence-electron chi connectivity index (χ0n) is 75.7. The molecule has 22 aromatic carbocycles. The summed E-state index contributed by atoms with van der Waals surface area (Å²) in [7, 11) is 0. The smallest absolute Gasteiger partial charge is 0.135 e. The molecule has 26 rings (SSSR count). The van der Waals surface area contributed by atoms with Gasteiger partial charge in [-0.05, 0) is 218 Å². The highest BCUT2D eigenvalue weighted by Gasteiger charge is 2.49. The summed E-state index contributed by atoms with van der Waals surface area (Å²) in [5, 5.41) is 4.43. The minimum absolute atomic E-state index is 0. The van der Waals surface area contributed by atoms with Gasteiger partial charge in [0.1, 0.15) is 22.3 Å². The van der Waals surface area contributed by atoms with Gasteiger partial charge in [-0.3, -0.25) is 0 Å². The number of benzene rings is 22. The zero-order valence-corrected chi connectivity index (χ0v) is 75.7. The van der Waals surface area contributed by atoms with Gasteiger partial charge in [0.2, 0.25) is 0 Å². The summed E-state index contributed by atoms with van der Waals surface area (Å²) < 4.78 is 12.7. The Kier molecular flexibility index (Phi) is 22.6. The monoisotopic (exact) mass is 1790 g/mol. The number of hydrogen-bond acceptors (Lipinski definition) is 4. The predicted octanol–water partition coefficient (Wildman–Crippen LogP) is 37.4. The highest BCUT2D eigenvalue weighted by molar-refractivity contribution is 6.10. The predicted molar refractivity (Wildman–Crippen MR) is 588 cm³/mol. The van der Waals surface area contributed by atoms with Gasteiger partial charge in [-0.15, -0.1) is 0 Å². The van der Waals surface area contributed by atoms with E-state index in [0.717, 1.165) is 128 Å². The van der Waals surface area contributed by atoms with Gasteiger partial charge < -0.3 is 18.6 Å². The molecule has 2 aliphatic rings. The molecule has 0 saturated carbocycles. The van der Waals surface area contributed by atoms with Crippen molar-refractivity contribution < 1.29 is 8.83 Å². The van der Waals surface area contributed by atoms with Crippen LogP contribution in [-0.2, 0) is 10.8 Å². The van der Waals surface area contributed by atoms with Gasteiger partial charge in [-0.25, -0.2) is 0 Å². The molecule has 0 spiro atoms. The molecule has 664 valence electrons. The molecule has 0 unspecified atom stereocenters. The fraction of sp³-hybridized carbons (Fsp3) is 0.0294. The topological polar surface area (TPSA) is 32.8 Å². The lowest BCUT2D eigenvalue weighted by Crippen LogP contribution is -2.28. The summed E-state index contributed by atoms with van der Waals surface area (Å²) in [6.45, 7) is 0. The summed E-state index contributed by atoms with van der Waals surface area (Å²) in [5.41, 5.74) is 42.7. The van der Waals surface area contributed by atoms with Gasteiger partial charge in [-0.2, -0.15) is 0 Å². The summed E-state index contributed by atoms with van der Waals surface area (Å²) in [6, 6.07) is 199. The third kappa shape index (κ3) is 14.7. The second kappa shape index (κ2) is 36.7. The largest absolute Gasteiger partial charge is 0.456 e. The van der Waals surface area contributed by atoms with Gasteiger partial charge in [0.05, 0.1) is 33.6 Å². The molecular formula is C136H98N2O2. The van der Waals surface area contributed by atoms with Crippen LogP contribution >= 0.6 is 0 Å². The number of fused-ring (bicyclic) bond motifs is 12. The summed E-state index contributed by atoms with van der Waals surface area (Å²) >= 11 is 0. The summed E-state index contributed by atoms with van der Waals surface area (Å²) in [6.07, 6.45) is 0. The van der Waals surface area contributed by atoms with Gasteiger partial charge in [0, 0.05) is 55.2 Å². The molecule has 0 N–H and O–H groups in total. The third-order valence-corrected chi connectivity index (χ3v) is 28.4. The van der Waals surface area contributed by atoms with Crippen molar-refractivity contribution in [3.63, 3.8) is 0 Å².